The Morgan fingerprint density at radius 1 is 1.62 bits per heavy atom. The summed E-state index contributed by atoms with van der Waals surface area (Å²) in [4.78, 5) is 4.22. The maximum Gasteiger partial charge on any atom is 0.103 e. The van der Waals surface area contributed by atoms with E-state index in [4.69, 9.17) is 16.3 Å². The Labute approximate surface area is 102 Å². The molecule has 0 amide bonds. The standard InChI is InChI=1S/C12H19ClN2O/c1-2-5-15-9-14-8-11(15)12-10(7-13)4-3-6-16-12/h8-10,12H,2-7H2,1H3. The average molecular weight is 243 g/mol. The first kappa shape index (κ1) is 11.9. The van der Waals surface area contributed by atoms with Gasteiger partial charge in [-0.3, -0.25) is 0 Å². The van der Waals surface area contributed by atoms with Crippen molar-refractivity contribution in [3.63, 3.8) is 0 Å². The molecule has 2 heterocycles. The third-order valence-electron chi connectivity index (χ3n) is 3.14. The summed E-state index contributed by atoms with van der Waals surface area (Å²) in [5.41, 5.74) is 1.19. The molecule has 0 aliphatic carbocycles. The van der Waals surface area contributed by atoms with Gasteiger partial charge in [-0.05, 0) is 19.3 Å². The van der Waals surface area contributed by atoms with Crippen molar-refractivity contribution in [2.24, 2.45) is 5.92 Å². The second-order valence-electron chi connectivity index (χ2n) is 4.36. The van der Waals surface area contributed by atoms with E-state index in [1.165, 1.54) is 5.69 Å². The minimum atomic E-state index is 0.139. The number of hydrogen-bond donors (Lipinski definition) is 0. The molecule has 0 saturated carbocycles. The number of rotatable bonds is 4. The van der Waals surface area contributed by atoms with Gasteiger partial charge < -0.3 is 9.30 Å². The lowest BCUT2D eigenvalue weighted by Gasteiger charge is -2.30. The van der Waals surface area contributed by atoms with E-state index in [0.29, 0.717) is 11.8 Å². The summed E-state index contributed by atoms with van der Waals surface area (Å²) in [6.07, 6.45) is 7.34. The second kappa shape index (κ2) is 5.69. The molecule has 90 valence electrons. The van der Waals surface area contributed by atoms with Crippen molar-refractivity contribution in [2.45, 2.75) is 38.8 Å². The number of aromatic nitrogens is 2. The summed E-state index contributed by atoms with van der Waals surface area (Å²) in [5.74, 6) is 1.10. The summed E-state index contributed by atoms with van der Waals surface area (Å²) < 4.78 is 8.06. The number of ether oxygens (including phenoxy) is 1. The minimum absolute atomic E-state index is 0.139. The molecule has 1 aromatic heterocycles. The highest BCUT2D eigenvalue weighted by atomic mass is 35.5. The van der Waals surface area contributed by atoms with Gasteiger partial charge in [0.2, 0.25) is 0 Å². The third-order valence-corrected chi connectivity index (χ3v) is 3.54. The fraction of sp³-hybridized carbons (Fsp3) is 0.750. The fourth-order valence-electron chi connectivity index (χ4n) is 2.32. The molecule has 1 aliphatic rings. The number of alkyl halides is 1. The van der Waals surface area contributed by atoms with Crippen LogP contribution >= 0.6 is 11.6 Å². The topological polar surface area (TPSA) is 27.1 Å². The van der Waals surface area contributed by atoms with Crippen LogP contribution in [0.4, 0.5) is 0 Å². The lowest BCUT2D eigenvalue weighted by Crippen LogP contribution is -2.25. The van der Waals surface area contributed by atoms with Gasteiger partial charge in [0.25, 0.3) is 0 Å². The maximum atomic E-state index is 6.01. The number of aryl methyl sites for hydroxylation is 1. The Morgan fingerprint density at radius 3 is 3.25 bits per heavy atom. The number of nitrogens with zero attached hydrogens (tertiary/aromatic N) is 2. The Morgan fingerprint density at radius 2 is 2.50 bits per heavy atom. The maximum absolute atomic E-state index is 6.01. The van der Waals surface area contributed by atoms with Crippen molar-refractivity contribution in [3.05, 3.63) is 18.2 Å². The van der Waals surface area contributed by atoms with Gasteiger partial charge in [0.15, 0.2) is 0 Å². The minimum Gasteiger partial charge on any atom is -0.372 e. The van der Waals surface area contributed by atoms with Crippen LogP contribution < -0.4 is 0 Å². The van der Waals surface area contributed by atoms with Gasteiger partial charge in [-0.25, -0.2) is 4.98 Å². The highest BCUT2D eigenvalue weighted by molar-refractivity contribution is 6.18. The summed E-state index contributed by atoms with van der Waals surface area (Å²) in [7, 11) is 0. The molecule has 0 N–H and O–H groups in total. The summed E-state index contributed by atoms with van der Waals surface area (Å²) >= 11 is 6.01. The number of hydrogen-bond acceptors (Lipinski definition) is 2. The van der Waals surface area contributed by atoms with E-state index in [1.807, 2.05) is 12.5 Å². The van der Waals surface area contributed by atoms with E-state index in [9.17, 15) is 0 Å². The molecule has 2 atom stereocenters. The molecule has 0 radical (unpaired) electrons. The quantitative estimate of drug-likeness (QED) is 0.759. The van der Waals surface area contributed by atoms with E-state index in [1.54, 1.807) is 0 Å². The molecule has 0 spiro atoms. The molecule has 1 aromatic rings. The summed E-state index contributed by atoms with van der Waals surface area (Å²) in [5, 5.41) is 0. The van der Waals surface area contributed by atoms with Crippen LogP contribution in [0.2, 0.25) is 0 Å². The van der Waals surface area contributed by atoms with E-state index in [0.717, 1.165) is 32.4 Å². The van der Waals surface area contributed by atoms with Crippen LogP contribution in [0.15, 0.2) is 12.5 Å². The summed E-state index contributed by atoms with van der Waals surface area (Å²) in [6.45, 7) is 4.02. The molecule has 1 fully saturated rings. The molecular weight excluding hydrogens is 224 g/mol. The van der Waals surface area contributed by atoms with Crippen LogP contribution in [0.1, 0.15) is 38.0 Å². The van der Waals surface area contributed by atoms with Crippen molar-refractivity contribution in [2.75, 3.05) is 12.5 Å². The lowest BCUT2D eigenvalue weighted by atomic mass is 9.94. The molecule has 1 aliphatic heterocycles. The largest absolute Gasteiger partial charge is 0.372 e. The van der Waals surface area contributed by atoms with Gasteiger partial charge in [-0.2, -0.15) is 0 Å². The Bertz CT molecular complexity index is 327. The molecule has 0 bridgehead atoms. The van der Waals surface area contributed by atoms with Gasteiger partial charge >= 0.3 is 0 Å². The SMILES string of the molecule is CCCn1cncc1C1OCCCC1CCl. The Balaban J connectivity index is 2.16. The van der Waals surface area contributed by atoms with Gasteiger partial charge in [-0.15, -0.1) is 11.6 Å². The van der Waals surface area contributed by atoms with Crippen LogP contribution in [-0.4, -0.2) is 22.0 Å². The summed E-state index contributed by atoms with van der Waals surface area (Å²) in [6, 6.07) is 0. The van der Waals surface area contributed by atoms with Crippen LogP contribution in [0.25, 0.3) is 0 Å². The molecule has 2 rings (SSSR count). The first-order valence-electron chi connectivity index (χ1n) is 6.04. The van der Waals surface area contributed by atoms with Crippen LogP contribution in [0, 0.1) is 5.92 Å². The number of imidazole rings is 1. The van der Waals surface area contributed by atoms with Crippen LogP contribution in [-0.2, 0) is 11.3 Å². The zero-order valence-electron chi connectivity index (χ0n) is 9.73. The highest BCUT2D eigenvalue weighted by Gasteiger charge is 2.28. The van der Waals surface area contributed by atoms with Crippen molar-refractivity contribution >= 4 is 11.6 Å². The molecule has 0 aromatic carbocycles. The van der Waals surface area contributed by atoms with Crippen molar-refractivity contribution in [1.82, 2.24) is 9.55 Å². The normalized spacial score (nSPS) is 25.9. The van der Waals surface area contributed by atoms with E-state index in [2.05, 4.69) is 16.5 Å². The van der Waals surface area contributed by atoms with Crippen molar-refractivity contribution in [1.29, 1.82) is 0 Å². The van der Waals surface area contributed by atoms with Crippen LogP contribution in [0.5, 0.6) is 0 Å². The Kier molecular flexibility index (Phi) is 4.24. The monoisotopic (exact) mass is 242 g/mol. The van der Waals surface area contributed by atoms with E-state index >= 15 is 0 Å². The first-order chi connectivity index (χ1) is 7.86. The van der Waals surface area contributed by atoms with Gasteiger partial charge in [0.05, 0.1) is 18.2 Å². The average Bonchev–Trinajstić information content (AvgIpc) is 2.77. The molecule has 1 saturated heterocycles. The third kappa shape index (κ3) is 2.41. The predicted octanol–water partition coefficient (Wildman–Crippen LogP) is 3.00. The number of halogens is 1. The smallest absolute Gasteiger partial charge is 0.103 e. The molecular formula is C12H19ClN2O. The van der Waals surface area contributed by atoms with Crippen molar-refractivity contribution in [3.8, 4) is 0 Å². The fourth-order valence-corrected chi connectivity index (χ4v) is 2.64. The zero-order valence-corrected chi connectivity index (χ0v) is 10.5. The highest BCUT2D eigenvalue weighted by Crippen LogP contribution is 2.34. The molecule has 2 unspecified atom stereocenters. The predicted molar refractivity (Wildman–Crippen MR) is 64.7 cm³/mol. The van der Waals surface area contributed by atoms with Gasteiger partial charge in [0.1, 0.15) is 6.10 Å². The Hall–Kier alpha value is -0.540. The van der Waals surface area contributed by atoms with E-state index < -0.39 is 0 Å². The van der Waals surface area contributed by atoms with Crippen molar-refractivity contribution < 1.29 is 4.74 Å². The molecule has 16 heavy (non-hydrogen) atoms. The first-order valence-corrected chi connectivity index (χ1v) is 6.57. The van der Waals surface area contributed by atoms with Crippen LogP contribution in [0.3, 0.4) is 0 Å². The zero-order chi connectivity index (χ0) is 11.4. The van der Waals surface area contributed by atoms with Gasteiger partial charge in [0, 0.05) is 24.9 Å². The lowest BCUT2D eigenvalue weighted by molar-refractivity contribution is -0.0253. The molecule has 3 nitrogen and oxygen atoms in total. The molecule has 4 heteroatoms. The van der Waals surface area contributed by atoms with E-state index in [-0.39, 0.29) is 6.10 Å². The second-order valence-corrected chi connectivity index (χ2v) is 4.67. The van der Waals surface area contributed by atoms with Gasteiger partial charge in [-0.1, -0.05) is 6.92 Å².